The van der Waals surface area contributed by atoms with Crippen molar-refractivity contribution in [2.45, 2.75) is 17.4 Å². The largest absolute Gasteiger partial charge is 0.480 e. The van der Waals surface area contributed by atoms with Crippen LogP contribution < -0.4 is 5.76 Å². The fourth-order valence-electron chi connectivity index (χ4n) is 2.98. The number of carboxylic acid groups (broad SMARTS) is 1. The molecule has 1 aromatic carbocycles. The molecule has 130 valence electrons. The Morgan fingerprint density at radius 3 is 2.96 bits per heavy atom. The van der Waals surface area contributed by atoms with E-state index in [4.69, 9.17) is 4.42 Å². The number of aromatic nitrogens is 3. The van der Waals surface area contributed by atoms with Gasteiger partial charge < -0.3 is 14.5 Å². The predicted molar refractivity (Wildman–Crippen MR) is 83.4 cm³/mol. The molecule has 10 nitrogen and oxygen atoms in total. The van der Waals surface area contributed by atoms with Crippen LogP contribution in [-0.2, 0) is 21.2 Å². The molecule has 0 bridgehead atoms. The van der Waals surface area contributed by atoms with Gasteiger partial charge in [0.2, 0.25) is 10.0 Å². The fraction of sp³-hybridized carbons (Fsp3) is 0.214. The highest BCUT2D eigenvalue weighted by Gasteiger charge is 2.42. The number of imidazole rings is 1. The molecule has 0 aliphatic carbocycles. The van der Waals surface area contributed by atoms with Gasteiger partial charge in [-0.3, -0.25) is 9.78 Å². The Morgan fingerprint density at radius 2 is 2.20 bits per heavy atom. The second-order valence-electron chi connectivity index (χ2n) is 5.55. The Labute approximate surface area is 140 Å². The summed E-state index contributed by atoms with van der Waals surface area (Å²) >= 11 is 0. The van der Waals surface area contributed by atoms with Crippen molar-refractivity contribution >= 4 is 27.1 Å². The third-order valence-corrected chi connectivity index (χ3v) is 5.97. The van der Waals surface area contributed by atoms with Crippen LogP contribution in [0.5, 0.6) is 0 Å². The lowest BCUT2D eigenvalue weighted by atomic mass is 10.1. The van der Waals surface area contributed by atoms with Crippen molar-refractivity contribution in [3.63, 3.8) is 0 Å². The first-order valence-electron chi connectivity index (χ1n) is 7.27. The van der Waals surface area contributed by atoms with Gasteiger partial charge in [-0.25, -0.2) is 18.2 Å². The summed E-state index contributed by atoms with van der Waals surface area (Å²) in [6, 6.07) is 2.46. The quantitative estimate of drug-likeness (QED) is 0.601. The molecule has 1 aliphatic heterocycles. The molecule has 3 N–H and O–H groups in total. The van der Waals surface area contributed by atoms with E-state index in [0.29, 0.717) is 17.6 Å². The Balaban J connectivity index is 1.83. The highest BCUT2D eigenvalue weighted by Crippen LogP contribution is 2.33. The lowest BCUT2D eigenvalue weighted by molar-refractivity contribution is -0.142. The van der Waals surface area contributed by atoms with Crippen molar-refractivity contribution in [1.29, 1.82) is 0 Å². The number of nitrogens with one attached hydrogen (secondary N) is 2. The third kappa shape index (κ3) is 2.36. The van der Waals surface area contributed by atoms with Crippen LogP contribution in [0.2, 0.25) is 0 Å². The van der Waals surface area contributed by atoms with E-state index < -0.39 is 27.8 Å². The van der Waals surface area contributed by atoms with Gasteiger partial charge in [0.1, 0.15) is 0 Å². The molecule has 0 amide bonds. The van der Waals surface area contributed by atoms with Crippen molar-refractivity contribution in [1.82, 2.24) is 19.3 Å². The molecule has 1 aliphatic rings. The van der Waals surface area contributed by atoms with E-state index >= 15 is 0 Å². The number of H-pyrrole nitrogens is 2. The maximum atomic E-state index is 13.0. The summed E-state index contributed by atoms with van der Waals surface area (Å²) in [4.78, 5) is 32.0. The van der Waals surface area contributed by atoms with Gasteiger partial charge >= 0.3 is 11.7 Å². The molecule has 0 unspecified atom stereocenters. The second kappa shape index (κ2) is 5.29. The minimum absolute atomic E-state index is 0.0103. The number of aromatic amines is 2. The number of nitrogens with zero attached hydrogens (tertiary/aromatic N) is 2. The monoisotopic (exact) mass is 364 g/mol. The number of carboxylic acids is 1. The molecule has 0 saturated carbocycles. The van der Waals surface area contributed by atoms with E-state index in [1.165, 1.54) is 24.5 Å². The van der Waals surface area contributed by atoms with Gasteiger partial charge in [-0.2, -0.15) is 4.31 Å². The van der Waals surface area contributed by atoms with E-state index in [1.807, 2.05) is 0 Å². The number of benzene rings is 1. The number of hydrogen-bond acceptors (Lipinski definition) is 6. The molecular formula is C14H12N4O6S. The van der Waals surface area contributed by atoms with E-state index in [0.717, 1.165) is 4.31 Å². The standard InChI is InChI=1S/C14H12N4O6S/c19-13(20)12-11-9(15-6-16-11)3-4-18(12)25(22,23)7-1-2-8-10(5-7)24-14(21)17-8/h1-2,5-6,12H,3-4H2,(H,15,16)(H,17,21)(H,19,20)/t12-/m1/s1. The van der Waals surface area contributed by atoms with Crippen LogP contribution in [0.3, 0.4) is 0 Å². The summed E-state index contributed by atoms with van der Waals surface area (Å²) in [7, 11) is -4.14. The van der Waals surface area contributed by atoms with Crippen molar-refractivity contribution in [2.24, 2.45) is 0 Å². The molecular weight excluding hydrogens is 352 g/mol. The molecule has 2 aromatic heterocycles. The van der Waals surface area contributed by atoms with Crippen LogP contribution in [0, 0.1) is 0 Å². The van der Waals surface area contributed by atoms with Crippen LogP contribution in [0.15, 0.2) is 38.6 Å². The van der Waals surface area contributed by atoms with Crippen LogP contribution in [0.4, 0.5) is 0 Å². The molecule has 11 heteroatoms. The van der Waals surface area contributed by atoms with Gasteiger partial charge in [0.15, 0.2) is 11.6 Å². The van der Waals surface area contributed by atoms with Crippen LogP contribution in [0.1, 0.15) is 17.4 Å². The zero-order valence-electron chi connectivity index (χ0n) is 12.6. The van der Waals surface area contributed by atoms with Crippen molar-refractivity contribution < 1.29 is 22.7 Å². The Morgan fingerprint density at radius 1 is 1.40 bits per heavy atom. The SMILES string of the molecule is O=C(O)[C@H]1c2nc[nH]c2CCN1S(=O)(=O)c1ccc2[nH]c(=O)oc2c1. The molecule has 0 saturated heterocycles. The smallest absolute Gasteiger partial charge is 0.417 e. The zero-order valence-corrected chi connectivity index (χ0v) is 13.4. The average Bonchev–Trinajstić information content (AvgIpc) is 3.17. The molecule has 0 fully saturated rings. The minimum Gasteiger partial charge on any atom is -0.480 e. The minimum atomic E-state index is -4.14. The first-order valence-corrected chi connectivity index (χ1v) is 8.71. The summed E-state index contributed by atoms with van der Waals surface area (Å²) in [5.74, 6) is -2.02. The van der Waals surface area contributed by atoms with Crippen molar-refractivity contribution in [2.75, 3.05) is 6.54 Å². The highest BCUT2D eigenvalue weighted by atomic mass is 32.2. The van der Waals surface area contributed by atoms with E-state index in [1.54, 1.807) is 0 Å². The van der Waals surface area contributed by atoms with Crippen molar-refractivity contribution in [3.05, 3.63) is 46.5 Å². The highest BCUT2D eigenvalue weighted by molar-refractivity contribution is 7.89. The Hall–Kier alpha value is -2.92. The third-order valence-electron chi connectivity index (χ3n) is 4.11. The number of sulfonamides is 1. The van der Waals surface area contributed by atoms with Crippen LogP contribution >= 0.6 is 0 Å². The van der Waals surface area contributed by atoms with Crippen LogP contribution in [-0.4, -0.2) is 45.3 Å². The number of fused-ring (bicyclic) bond motifs is 2. The van der Waals surface area contributed by atoms with Crippen LogP contribution in [0.25, 0.3) is 11.1 Å². The normalized spacial score (nSPS) is 18.3. The molecule has 1 atom stereocenters. The number of aliphatic carboxylic acids is 1. The molecule has 3 heterocycles. The molecule has 0 radical (unpaired) electrons. The number of hydrogen-bond donors (Lipinski definition) is 3. The summed E-state index contributed by atoms with van der Waals surface area (Å²) in [6.45, 7) is -0.0103. The summed E-state index contributed by atoms with van der Waals surface area (Å²) < 4.78 is 31.7. The summed E-state index contributed by atoms with van der Waals surface area (Å²) in [6.07, 6.45) is 1.66. The number of oxazole rings is 1. The van der Waals surface area contributed by atoms with Gasteiger partial charge in [0, 0.05) is 24.7 Å². The first kappa shape index (κ1) is 15.6. The molecule has 3 aromatic rings. The Bertz CT molecular complexity index is 1140. The number of rotatable bonds is 3. The maximum Gasteiger partial charge on any atom is 0.417 e. The van der Waals surface area contributed by atoms with Gasteiger partial charge in [-0.05, 0) is 12.1 Å². The average molecular weight is 364 g/mol. The predicted octanol–water partition coefficient (Wildman–Crippen LogP) is 0.217. The first-order chi connectivity index (χ1) is 11.9. The van der Waals surface area contributed by atoms with Gasteiger partial charge in [0.25, 0.3) is 0 Å². The van der Waals surface area contributed by atoms with Gasteiger partial charge in [-0.15, -0.1) is 0 Å². The summed E-state index contributed by atoms with van der Waals surface area (Å²) in [5.41, 5.74) is 1.21. The molecule has 0 spiro atoms. The molecule has 4 rings (SSSR count). The second-order valence-corrected chi connectivity index (χ2v) is 7.44. The van der Waals surface area contributed by atoms with Gasteiger partial charge in [-0.1, -0.05) is 0 Å². The summed E-state index contributed by atoms with van der Waals surface area (Å²) in [5, 5.41) is 9.53. The van der Waals surface area contributed by atoms with Crippen molar-refractivity contribution in [3.8, 4) is 0 Å². The lowest BCUT2D eigenvalue weighted by Crippen LogP contribution is -2.43. The van der Waals surface area contributed by atoms with E-state index in [-0.39, 0.29) is 22.7 Å². The van der Waals surface area contributed by atoms with E-state index in [9.17, 15) is 23.1 Å². The zero-order chi connectivity index (χ0) is 17.8. The maximum absolute atomic E-state index is 13.0. The fourth-order valence-corrected chi connectivity index (χ4v) is 4.54. The molecule has 25 heavy (non-hydrogen) atoms. The lowest BCUT2D eigenvalue weighted by Gasteiger charge is -2.31. The Kier molecular flexibility index (Phi) is 3.30. The van der Waals surface area contributed by atoms with Gasteiger partial charge in [0.05, 0.1) is 22.4 Å². The number of carbonyl (C=O) groups is 1. The van der Waals surface area contributed by atoms with E-state index in [2.05, 4.69) is 15.0 Å². The topological polar surface area (TPSA) is 149 Å².